The van der Waals surface area contributed by atoms with Crippen LogP contribution in [0.5, 0.6) is 0 Å². The van der Waals surface area contributed by atoms with Crippen LogP contribution >= 0.6 is 0 Å². The lowest BCUT2D eigenvalue weighted by molar-refractivity contribution is -0.144. The quantitative estimate of drug-likeness (QED) is 0.778. The maximum atomic E-state index is 12.8. The standard InChI is InChI=1S/C19H27NO3/c1-19(2,14-18(22)23-3)13-17(21)20-12-8-7-11-16(20)15-9-5-4-6-10-15/h4-6,9-10,16H,7-8,11-14H2,1-3H3. The average molecular weight is 317 g/mol. The molecule has 4 heteroatoms. The van der Waals surface area contributed by atoms with Crippen LogP contribution in [0.3, 0.4) is 0 Å². The van der Waals surface area contributed by atoms with Crippen molar-refractivity contribution in [3.63, 3.8) is 0 Å². The number of likely N-dealkylation sites (tertiary alicyclic amines) is 1. The number of benzene rings is 1. The molecule has 1 unspecified atom stereocenters. The number of carbonyl (C=O) groups excluding carboxylic acids is 2. The van der Waals surface area contributed by atoms with Crippen molar-refractivity contribution in [2.24, 2.45) is 5.41 Å². The lowest BCUT2D eigenvalue weighted by Gasteiger charge is -2.38. The predicted octanol–water partition coefficient (Wildman–Crippen LogP) is 3.72. The van der Waals surface area contributed by atoms with Gasteiger partial charge < -0.3 is 9.64 Å². The van der Waals surface area contributed by atoms with Gasteiger partial charge in [-0.2, -0.15) is 0 Å². The van der Waals surface area contributed by atoms with Crippen LogP contribution in [0.25, 0.3) is 0 Å². The van der Waals surface area contributed by atoms with Crippen molar-refractivity contribution in [3.8, 4) is 0 Å². The van der Waals surface area contributed by atoms with E-state index in [4.69, 9.17) is 4.74 Å². The first-order chi connectivity index (χ1) is 10.9. The highest BCUT2D eigenvalue weighted by atomic mass is 16.5. The molecule has 0 aliphatic carbocycles. The molecule has 1 aromatic carbocycles. The highest BCUT2D eigenvalue weighted by molar-refractivity contribution is 5.79. The molecule has 1 fully saturated rings. The largest absolute Gasteiger partial charge is 0.469 e. The third-order valence-electron chi connectivity index (χ3n) is 4.49. The Morgan fingerprint density at radius 2 is 1.87 bits per heavy atom. The fourth-order valence-electron chi connectivity index (χ4n) is 3.29. The summed E-state index contributed by atoms with van der Waals surface area (Å²) in [6.07, 6.45) is 3.83. The molecule has 0 radical (unpaired) electrons. The molecule has 4 nitrogen and oxygen atoms in total. The second-order valence-corrected chi connectivity index (χ2v) is 7.10. The first-order valence-electron chi connectivity index (χ1n) is 8.34. The number of amides is 1. The van der Waals surface area contributed by atoms with Gasteiger partial charge in [-0.05, 0) is 30.2 Å². The Labute approximate surface area is 138 Å². The molecule has 1 aromatic rings. The first-order valence-corrected chi connectivity index (χ1v) is 8.34. The van der Waals surface area contributed by atoms with Crippen LogP contribution in [-0.2, 0) is 14.3 Å². The molecule has 1 atom stereocenters. The summed E-state index contributed by atoms with van der Waals surface area (Å²) in [5.41, 5.74) is 0.814. The van der Waals surface area contributed by atoms with Gasteiger partial charge in [-0.1, -0.05) is 44.2 Å². The summed E-state index contributed by atoms with van der Waals surface area (Å²) in [6, 6.07) is 10.4. The highest BCUT2D eigenvalue weighted by Crippen LogP contribution is 2.34. The molecule has 23 heavy (non-hydrogen) atoms. The number of nitrogens with zero attached hydrogens (tertiary/aromatic N) is 1. The van der Waals surface area contributed by atoms with Gasteiger partial charge in [0.1, 0.15) is 0 Å². The molecule has 126 valence electrons. The summed E-state index contributed by atoms with van der Waals surface area (Å²) < 4.78 is 4.74. The van der Waals surface area contributed by atoms with Gasteiger partial charge >= 0.3 is 5.97 Å². The second-order valence-electron chi connectivity index (χ2n) is 7.10. The Morgan fingerprint density at radius 3 is 2.52 bits per heavy atom. The molecule has 1 heterocycles. The molecule has 0 spiro atoms. The van der Waals surface area contributed by atoms with Gasteiger partial charge in [0.15, 0.2) is 0 Å². The number of hydrogen-bond acceptors (Lipinski definition) is 3. The Kier molecular flexibility index (Phi) is 5.80. The first kappa shape index (κ1) is 17.5. The molecule has 1 aliphatic heterocycles. The Hall–Kier alpha value is -1.84. The number of rotatable bonds is 5. The number of hydrogen-bond donors (Lipinski definition) is 0. The summed E-state index contributed by atoms with van der Waals surface area (Å²) in [7, 11) is 1.39. The maximum Gasteiger partial charge on any atom is 0.306 e. The molecule has 0 bridgehead atoms. The van der Waals surface area contributed by atoms with E-state index in [9.17, 15) is 9.59 Å². The maximum absolute atomic E-state index is 12.8. The lowest BCUT2D eigenvalue weighted by Crippen LogP contribution is -2.40. The molecule has 0 saturated carbocycles. The summed E-state index contributed by atoms with van der Waals surface area (Å²) in [6.45, 7) is 4.69. The van der Waals surface area contributed by atoms with Gasteiger partial charge in [0, 0.05) is 13.0 Å². The topological polar surface area (TPSA) is 46.6 Å². The molecule has 1 saturated heterocycles. The minimum absolute atomic E-state index is 0.132. The molecule has 0 N–H and O–H groups in total. The summed E-state index contributed by atoms with van der Waals surface area (Å²) in [5.74, 6) is -0.131. The number of esters is 1. The van der Waals surface area contributed by atoms with Gasteiger partial charge in [-0.25, -0.2) is 0 Å². The Morgan fingerprint density at radius 1 is 1.17 bits per heavy atom. The van der Waals surface area contributed by atoms with Crippen molar-refractivity contribution in [1.82, 2.24) is 4.90 Å². The number of piperidine rings is 1. The van der Waals surface area contributed by atoms with E-state index >= 15 is 0 Å². The van der Waals surface area contributed by atoms with E-state index in [-0.39, 0.29) is 29.8 Å². The van der Waals surface area contributed by atoms with Gasteiger partial charge in [0.2, 0.25) is 5.91 Å². The van der Waals surface area contributed by atoms with Gasteiger partial charge in [-0.3, -0.25) is 9.59 Å². The van der Waals surface area contributed by atoms with Crippen molar-refractivity contribution >= 4 is 11.9 Å². The van der Waals surface area contributed by atoms with E-state index < -0.39 is 0 Å². The second kappa shape index (κ2) is 7.62. The van der Waals surface area contributed by atoms with Crippen molar-refractivity contribution in [2.45, 2.75) is 52.0 Å². The summed E-state index contributed by atoms with van der Waals surface area (Å²) >= 11 is 0. The molecular formula is C19H27NO3. The fraction of sp³-hybridized carbons (Fsp3) is 0.579. The van der Waals surface area contributed by atoms with Crippen LogP contribution in [0, 0.1) is 5.41 Å². The van der Waals surface area contributed by atoms with Crippen molar-refractivity contribution in [1.29, 1.82) is 0 Å². The van der Waals surface area contributed by atoms with E-state index in [2.05, 4.69) is 12.1 Å². The van der Waals surface area contributed by atoms with Crippen molar-refractivity contribution in [3.05, 3.63) is 35.9 Å². The van der Waals surface area contributed by atoms with Crippen molar-refractivity contribution in [2.75, 3.05) is 13.7 Å². The third-order valence-corrected chi connectivity index (χ3v) is 4.49. The van der Waals surface area contributed by atoms with Gasteiger partial charge in [-0.15, -0.1) is 0 Å². The minimum Gasteiger partial charge on any atom is -0.469 e. The van der Waals surface area contributed by atoms with Crippen molar-refractivity contribution < 1.29 is 14.3 Å². The van der Waals surface area contributed by atoms with Crippen LogP contribution in [0.15, 0.2) is 30.3 Å². The molecule has 1 amide bonds. The van der Waals surface area contributed by atoms with Crippen LogP contribution < -0.4 is 0 Å². The number of carbonyl (C=O) groups is 2. The summed E-state index contributed by atoms with van der Waals surface area (Å²) in [5, 5.41) is 0. The third kappa shape index (κ3) is 4.81. The monoisotopic (exact) mass is 317 g/mol. The van der Waals surface area contributed by atoms with Crippen LogP contribution in [-0.4, -0.2) is 30.4 Å². The molecule has 1 aliphatic rings. The van der Waals surface area contributed by atoms with E-state index in [0.717, 1.165) is 25.8 Å². The lowest BCUT2D eigenvalue weighted by atomic mass is 9.84. The zero-order chi connectivity index (χ0) is 16.9. The smallest absolute Gasteiger partial charge is 0.306 e. The fourth-order valence-corrected chi connectivity index (χ4v) is 3.29. The number of methoxy groups -OCH3 is 1. The van der Waals surface area contributed by atoms with Crippen LogP contribution in [0.1, 0.15) is 57.6 Å². The van der Waals surface area contributed by atoms with Crippen LogP contribution in [0.2, 0.25) is 0 Å². The molecule has 2 rings (SSSR count). The zero-order valence-corrected chi connectivity index (χ0v) is 14.4. The van der Waals surface area contributed by atoms with Gasteiger partial charge in [0.05, 0.1) is 19.6 Å². The minimum atomic E-state index is -0.386. The average Bonchev–Trinajstić information content (AvgIpc) is 2.54. The molecular weight excluding hydrogens is 290 g/mol. The Balaban J connectivity index is 2.08. The Bertz CT molecular complexity index is 539. The zero-order valence-electron chi connectivity index (χ0n) is 14.4. The predicted molar refractivity (Wildman–Crippen MR) is 89.8 cm³/mol. The van der Waals surface area contributed by atoms with E-state index in [0.29, 0.717) is 6.42 Å². The van der Waals surface area contributed by atoms with Crippen LogP contribution in [0.4, 0.5) is 0 Å². The van der Waals surface area contributed by atoms with E-state index in [1.807, 2.05) is 36.9 Å². The highest BCUT2D eigenvalue weighted by Gasteiger charge is 2.32. The molecule has 0 aromatic heterocycles. The summed E-state index contributed by atoms with van der Waals surface area (Å²) in [4.78, 5) is 26.4. The SMILES string of the molecule is COC(=O)CC(C)(C)CC(=O)N1CCCCC1c1ccccc1. The van der Waals surface area contributed by atoms with E-state index in [1.165, 1.54) is 12.7 Å². The van der Waals surface area contributed by atoms with E-state index in [1.54, 1.807) is 0 Å². The normalized spacial score (nSPS) is 18.6. The van der Waals surface area contributed by atoms with Gasteiger partial charge in [0.25, 0.3) is 0 Å². The number of ether oxygens (including phenoxy) is 1.